The van der Waals surface area contributed by atoms with E-state index >= 15 is 0 Å². The number of anilines is 2. The van der Waals surface area contributed by atoms with Gasteiger partial charge in [-0.2, -0.15) is 0 Å². The second-order valence-corrected chi connectivity index (χ2v) is 3.81. The largest absolute Gasteiger partial charge is 0.478 e. The molecule has 0 aliphatic carbocycles. The summed E-state index contributed by atoms with van der Waals surface area (Å²) >= 11 is 0. The van der Waals surface area contributed by atoms with Crippen molar-refractivity contribution in [3.8, 4) is 0 Å². The molecule has 1 aromatic rings. The lowest BCUT2D eigenvalue weighted by molar-refractivity contribution is 0.0698. The fraction of sp³-hybridized carbons (Fsp3) is 0.455. The minimum absolute atomic E-state index is 0.101. The average Bonchev–Trinajstić information content (AvgIpc) is 2.20. The van der Waals surface area contributed by atoms with Crippen molar-refractivity contribution in [2.45, 2.75) is 26.8 Å². The van der Waals surface area contributed by atoms with Crippen molar-refractivity contribution in [3.05, 3.63) is 17.8 Å². The molecule has 0 aliphatic heterocycles. The van der Waals surface area contributed by atoms with Crippen LogP contribution >= 0.6 is 0 Å². The van der Waals surface area contributed by atoms with Crippen LogP contribution in [-0.4, -0.2) is 28.6 Å². The summed E-state index contributed by atoms with van der Waals surface area (Å²) in [6, 6.07) is 1.78. The number of nitrogens with two attached hydrogens (primary N) is 1. The summed E-state index contributed by atoms with van der Waals surface area (Å²) < 4.78 is 0. The number of carboxylic acids is 1. The van der Waals surface area contributed by atoms with Gasteiger partial charge in [0, 0.05) is 12.6 Å². The molecule has 1 heterocycles. The van der Waals surface area contributed by atoms with Gasteiger partial charge in [0.25, 0.3) is 0 Å². The van der Waals surface area contributed by atoms with E-state index in [0.29, 0.717) is 5.82 Å². The van der Waals surface area contributed by atoms with Crippen molar-refractivity contribution < 1.29 is 9.90 Å². The second kappa shape index (κ2) is 4.83. The summed E-state index contributed by atoms with van der Waals surface area (Å²) in [5.41, 5.74) is 5.84. The number of pyridine rings is 1. The normalized spacial score (nSPS) is 10.5. The number of carboxylic acid groups (broad SMARTS) is 1. The van der Waals surface area contributed by atoms with Crippen LogP contribution in [0, 0.1) is 0 Å². The Hall–Kier alpha value is -1.78. The molecule has 16 heavy (non-hydrogen) atoms. The molecule has 0 fully saturated rings. The van der Waals surface area contributed by atoms with E-state index in [2.05, 4.69) is 4.98 Å². The second-order valence-electron chi connectivity index (χ2n) is 3.81. The van der Waals surface area contributed by atoms with Gasteiger partial charge in [-0.25, -0.2) is 9.78 Å². The van der Waals surface area contributed by atoms with E-state index in [1.165, 1.54) is 12.3 Å². The maximum atomic E-state index is 10.9. The fourth-order valence-corrected chi connectivity index (χ4v) is 1.59. The molecular weight excluding hydrogens is 206 g/mol. The van der Waals surface area contributed by atoms with Crippen molar-refractivity contribution >= 4 is 17.5 Å². The van der Waals surface area contributed by atoms with Gasteiger partial charge in [0.1, 0.15) is 5.82 Å². The lowest BCUT2D eigenvalue weighted by atomic mass is 10.2. The zero-order valence-corrected chi connectivity index (χ0v) is 9.77. The van der Waals surface area contributed by atoms with Crippen molar-refractivity contribution in [2.24, 2.45) is 0 Å². The minimum Gasteiger partial charge on any atom is -0.478 e. The van der Waals surface area contributed by atoms with Gasteiger partial charge in [-0.05, 0) is 26.8 Å². The number of aromatic nitrogens is 1. The summed E-state index contributed by atoms with van der Waals surface area (Å²) in [5.74, 6) is -0.384. The van der Waals surface area contributed by atoms with Crippen LogP contribution in [0.4, 0.5) is 11.5 Å². The van der Waals surface area contributed by atoms with E-state index in [9.17, 15) is 4.79 Å². The van der Waals surface area contributed by atoms with Crippen LogP contribution in [0.25, 0.3) is 0 Å². The molecule has 0 spiro atoms. The molecule has 3 N–H and O–H groups in total. The zero-order chi connectivity index (χ0) is 12.3. The first-order valence-electron chi connectivity index (χ1n) is 5.22. The van der Waals surface area contributed by atoms with Crippen molar-refractivity contribution in [2.75, 3.05) is 17.2 Å². The van der Waals surface area contributed by atoms with Crippen LogP contribution in [0.15, 0.2) is 12.3 Å². The number of aromatic carboxylic acids is 1. The summed E-state index contributed by atoms with van der Waals surface area (Å²) in [7, 11) is 0. The summed E-state index contributed by atoms with van der Waals surface area (Å²) in [5, 5.41) is 8.96. The van der Waals surface area contributed by atoms with Crippen LogP contribution in [0.5, 0.6) is 0 Å². The Kier molecular flexibility index (Phi) is 3.71. The number of rotatable bonds is 4. The van der Waals surface area contributed by atoms with E-state index < -0.39 is 5.97 Å². The van der Waals surface area contributed by atoms with Crippen LogP contribution < -0.4 is 10.6 Å². The molecule has 0 saturated carbocycles. The molecule has 0 radical (unpaired) electrons. The summed E-state index contributed by atoms with van der Waals surface area (Å²) in [6.07, 6.45) is 1.39. The summed E-state index contributed by atoms with van der Waals surface area (Å²) in [4.78, 5) is 17.1. The molecule has 0 aliphatic rings. The van der Waals surface area contributed by atoms with Crippen LogP contribution in [0.2, 0.25) is 0 Å². The highest BCUT2D eigenvalue weighted by molar-refractivity contribution is 5.94. The smallest absolute Gasteiger partial charge is 0.337 e. The maximum absolute atomic E-state index is 10.9. The number of nitrogens with zero attached hydrogens (tertiary/aromatic N) is 2. The molecule has 0 amide bonds. The molecule has 0 aromatic carbocycles. The third-order valence-corrected chi connectivity index (χ3v) is 2.41. The first-order valence-corrected chi connectivity index (χ1v) is 5.22. The molecule has 5 heteroatoms. The van der Waals surface area contributed by atoms with Crippen molar-refractivity contribution in [3.63, 3.8) is 0 Å². The van der Waals surface area contributed by atoms with Crippen LogP contribution in [-0.2, 0) is 0 Å². The van der Waals surface area contributed by atoms with Gasteiger partial charge in [0.2, 0.25) is 0 Å². The van der Waals surface area contributed by atoms with Gasteiger partial charge in [-0.15, -0.1) is 0 Å². The minimum atomic E-state index is -1.03. The maximum Gasteiger partial charge on any atom is 0.337 e. The molecular formula is C11H17N3O2. The van der Waals surface area contributed by atoms with E-state index in [-0.39, 0.29) is 17.3 Å². The molecule has 5 nitrogen and oxygen atoms in total. The van der Waals surface area contributed by atoms with Gasteiger partial charge in [-0.1, -0.05) is 0 Å². The van der Waals surface area contributed by atoms with Crippen LogP contribution in [0.1, 0.15) is 31.1 Å². The third kappa shape index (κ3) is 2.42. The Bertz CT molecular complexity index is 391. The Labute approximate surface area is 94.9 Å². The summed E-state index contributed by atoms with van der Waals surface area (Å²) in [6.45, 7) is 6.83. The fourth-order valence-electron chi connectivity index (χ4n) is 1.59. The standard InChI is InChI=1S/C11H17N3O2/c1-4-14(7(2)3)10-5-8(11(15)16)9(12)6-13-10/h5-7H,4,12H2,1-3H3,(H,15,16). The van der Waals surface area contributed by atoms with E-state index in [1.807, 2.05) is 25.7 Å². The van der Waals surface area contributed by atoms with E-state index in [1.54, 1.807) is 0 Å². The van der Waals surface area contributed by atoms with Gasteiger partial charge < -0.3 is 15.7 Å². The zero-order valence-electron chi connectivity index (χ0n) is 9.77. The predicted octanol–water partition coefficient (Wildman–Crippen LogP) is 1.60. The first-order chi connectivity index (χ1) is 7.47. The van der Waals surface area contributed by atoms with E-state index in [0.717, 1.165) is 6.54 Å². The van der Waals surface area contributed by atoms with Crippen LogP contribution in [0.3, 0.4) is 0 Å². The SMILES string of the molecule is CCN(c1cc(C(=O)O)c(N)cn1)C(C)C. The van der Waals surface area contributed by atoms with Gasteiger partial charge in [-0.3, -0.25) is 0 Å². The predicted molar refractivity (Wildman–Crippen MR) is 63.8 cm³/mol. The van der Waals surface area contributed by atoms with Gasteiger partial charge in [0.15, 0.2) is 0 Å². The monoisotopic (exact) mass is 223 g/mol. The average molecular weight is 223 g/mol. The number of hydrogen-bond acceptors (Lipinski definition) is 4. The highest BCUT2D eigenvalue weighted by Gasteiger charge is 2.14. The molecule has 88 valence electrons. The lowest BCUT2D eigenvalue weighted by Crippen LogP contribution is -2.31. The van der Waals surface area contributed by atoms with Gasteiger partial charge in [0.05, 0.1) is 17.4 Å². The lowest BCUT2D eigenvalue weighted by Gasteiger charge is -2.26. The molecule has 0 bridgehead atoms. The quantitative estimate of drug-likeness (QED) is 0.810. The van der Waals surface area contributed by atoms with Crippen molar-refractivity contribution in [1.29, 1.82) is 0 Å². The Balaban J connectivity index is 3.15. The van der Waals surface area contributed by atoms with E-state index in [4.69, 9.17) is 10.8 Å². The third-order valence-electron chi connectivity index (χ3n) is 2.41. The first kappa shape index (κ1) is 12.3. The molecule has 1 rings (SSSR count). The van der Waals surface area contributed by atoms with Gasteiger partial charge >= 0.3 is 5.97 Å². The molecule has 0 saturated heterocycles. The highest BCUT2D eigenvalue weighted by Crippen LogP contribution is 2.19. The number of carbonyl (C=O) groups is 1. The Morgan fingerprint density at radius 2 is 2.25 bits per heavy atom. The topological polar surface area (TPSA) is 79.5 Å². The number of hydrogen-bond donors (Lipinski definition) is 2. The van der Waals surface area contributed by atoms with Crippen molar-refractivity contribution in [1.82, 2.24) is 4.98 Å². The Morgan fingerprint density at radius 3 is 2.69 bits per heavy atom. The molecule has 1 aromatic heterocycles. The molecule has 0 unspecified atom stereocenters. The number of nitrogen functional groups attached to an aromatic ring is 1. The highest BCUT2D eigenvalue weighted by atomic mass is 16.4. The molecule has 0 atom stereocenters. The Morgan fingerprint density at radius 1 is 1.62 bits per heavy atom.